The number of sulfone groups is 1. The minimum Gasteiger partial charge on any atom is -0.318 e. The van der Waals surface area contributed by atoms with Crippen LogP contribution in [0.3, 0.4) is 0 Å². The van der Waals surface area contributed by atoms with Gasteiger partial charge in [-0.3, -0.25) is 9.80 Å². The molecule has 3 aromatic rings. The molecule has 33 heavy (non-hydrogen) atoms. The number of hydrogen-bond acceptors (Lipinski definition) is 5. The molecule has 0 fully saturated rings. The number of aromatic nitrogens is 1. The quantitative estimate of drug-likeness (QED) is 0.535. The van der Waals surface area contributed by atoms with E-state index >= 15 is 0 Å². The highest BCUT2D eigenvalue weighted by Crippen LogP contribution is 2.38. The highest BCUT2D eigenvalue weighted by molar-refractivity contribution is 7.90. The fourth-order valence-corrected chi connectivity index (χ4v) is 5.01. The third-order valence-electron chi connectivity index (χ3n) is 5.65. The maximum Gasteiger partial charge on any atom is 0.252 e. The molecule has 172 valence electrons. The van der Waals surface area contributed by atoms with E-state index in [1.165, 1.54) is 22.8 Å². The second-order valence-corrected chi connectivity index (χ2v) is 10.6. The average molecular weight is 488 g/mol. The monoisotopic (exact) mass is 487 g/mol. The van der Waals surface area contributed by atoms with E-state index in [4.69, 9.17) is 16.7 Å². The smallest absolute Gasteiger partial charge is 0.252 e. The Bertz CT molecular complexity index is 1450. The van der Waals surface area contributed by atoms with Crippen molar-refractivity contribution in [2.45, 2.75) is 19.6 Å². The summed E-state index contributed by atoms with van der Waals surface area (Å²) in [5.74, 6) is -0.521. The van der Waals surface area contributed by atoms with Crippen molar-refractivity contribution in [2.75, 3.05) is 17.3 Å². The summed E-state index contributed by atoms with van der Waals surface area (Å²) in [6, 6.07) is 11.0. The maximum absolute atomic E-state index is 13.8. The Hall–Kier alpha value is -2.97. The van der Waals surface area contributed by atoms with Crippen molar-refractivity contribution < 1.29 is 12.8 Å². The first-order valence-corrected chi connectivity index (χ1v) is 12.7. The number of benzene rings is 2. The zero-order valence-electron chi connectivity index (χ0n) is 18.5. The van der Waals surface area contributed by atoms with Gasteiger partial charge in [-0.25, -0.2) is 12.8 Å². The molecule has 2 heterocycles. The van der Waals surface area contributed by atoms with Crippen LogP contribution in [0.1, 0.15) is 30.5 Å². The molecule has 0 bridgehead atoms. The summed E-state index contributed by atoms with van der Waals surface area (Å²) in [4.78, 5) is 12.5. The van der Waals surface area contributed by atoms with Crippen LogP contribution in [0.25, 0.3) is 11.1 Å². The lowest BCUT2D eigenvalue weighted by atomic mass is 9.92. The Morgan fingerprint density at radius 3 is 2.39 bits per heavy atom. The van der Waals surface area contributed by atoms with Gasteiger partial charge in [0.1, 0.15) is 11.5 Å². The number of halogens is 2. The van der Waals surface area contributed by atoms with Crippen LogP contribution in [-0.2, 0) is 22.6 Å². The summed E-state index contributed by atoms with van der Waals surface area (Å²) in [6.45, 7) is 3.99. The molecule has 0 N–H and O–H groups in total. The summed E-state index contributed by atoms with van der Waals surface area (Å²) in [6.07, 6.45) is 1.72. The van der Waals surface area contributed by atoms with Gasteiger partial charge in [0.2, 0.25) is 0 Å². The van der Waals surface area contributed by atoms with E-state index in [0.717, 1.165) is 11.1 Å². The Kier molecular flexibility index (Phi) is 6.16. The van der Waals surface area contributed by atoms with Crippen molar-refractivity contribution in [3.63, 3.8) is 0 Å². The number of hydrazone groups is 1. The Balaban J connectivity index is 2.04. The molecule has 0 saturated heterocycles. The van der Waals surface area contributed by atoms with Gasteiger partial charge in [0, 0.05) is 48.3 Å². The van der Waals surface area contributed by atoms with E-state index < -0.39 is 15.7 Å². The van der Waals surface area contributed by atoms with Gasteiger partial charge >= 0.3 is 0 Å². The van der Waals surface area contributed by atoms with Crippen LogP contribution in [0.2, 0.25) is 5.02 Å². The van der Waals surface area contributed by atoms with Crippen LogP contribution < -0.4 is 10.6 Å². The van der Waals surface area contributed by atoms with Gasteiger partial charge in [-0.1, -0.05) is 30.7 Å². The largest absolute Gasteiger partial charge is 0.318 e. The summed E-state index contributed by atoms with van der Waals surface area (Å²) in [7, 11) is -1.59. The molecule has 0 saturated carbocycles. The van der Waals surface area contributed by atoms with Gasteiger partial charge in [-0.05, 0) is 42.3 Å². The first-order chi connectivity index (χ1) is 15.6. The fourth-order valence-electron chi connectivity index (χ4n) is 3.86. The zero-order chi connectivity index (χ0) is 23.9. The number of nitrogens with zero attached hydrogens (tertiary/aromatic N) is 3. The minimum absolute atomic E-state index is 0.0384. The Morgan fingerprint density at radius 2 is 1.73 bits per heavy atom. The Labute approximate surface area is 196 Å². The zero-order valence-corrected chi connectivity index (χ0v) is 20.0. The van der Waals surface area contributed by atoms with E-state index in [9.17, 15) is 17.6 Å². The van der Waals surface area contributed by atoms with Gasteiger partial charge in [0.05, 0.1) is 16.5 Å². The normalized spacial score (nSPS) is 13.2. The molecular weight excluding hydrogens is 465 g/mol. The van der Waals surface area contributed by atoms with E-state index in [-0.39, 0.29) is 22.1 Å². The number of aryl methyl sites for hydroxylation is 1. The highest BCUT2D eigenvalue weighted by atomic mass is 35.5. The minimum atomic E-state index is -3.25. The van der Waals surface area contributed by atoms with Gasteiger partial charge in [0.15, 0.2) is 9.84 Å². The third-order valence-corrected chi connectivity index (χ3v) is 7.61. The maximum atomic E-state index is 13.8. The number of pyridine rings is 1. The van der Waals surface area contributed by atoms with Crippen molar-refractivity contribution in [3.05, 3.63) is 86.5 Å². The lowest BCUT2D eigenvalue weighted by molar-refractivity contribution is 0.596. The van der Waals surface area contributed by atoms with Crippen LogP contribution in [0, 0.1) is 5.82 Å². The van der Waals surface area contributed by atoms with E-state index in [0.29, 0.717) is 34.6 Å². The van der Waals surface area contributed by atoms with Crippen molar-refractivity contribution in [1.29, 1.82) is 0 Å². The van der Waals surface area contributed by atoms with Crippen molar-refractivity contribution in [3.8, 4) is 11.1 Å². The van der Waals surface area contributed by atoms with Crippen molar-refractivity contribution in [2.24, 2.45) is 12.1 Å². The number of rotatable bonds is 5. The van der Waals surface area contributed by atoms with Crippen LogP contribution in [0.5, 0.6) is 0 Å². The van der Waals surface area contributed by atoms with Gasteiger partial charge in [0.25, 0.3) is 5.56 Å². The van der Waals surface area contributed by atoms with Crippen molar-refractivity contribution in [1.82, 2.24) is 4.57 Å². The molecule has 9 heteroatoms. The predicted molar refractivity (Wildman–Crippen MR) is 130 cm³/mol. The van der Waals surface area contributed by atoms with Gasteiger partial charge in [-0.2, -0.15) is 5.10 Å². The van der Waals surface area contributed by atoms with Gasteiger partial charge in [-0.15, -0.1) is 0 Å². The summed E-state index contributed by atoms with van der Waals surface area (Å²) in [5, 5.41) is 6.71. The van der Waals surface area contributed by atoms with Crippen molar-refractivity contribution >= 4 is 32.8 Å². The molecule has 4 rings (SSSR count). The molecule has 2 aromatic carbocycles. The molecule has 0 unspecified atom stereocenters. The second-order valence-electron chi connectivity index (χ2n) is 7.87. The molecule has 0 spiro atoms. The lowest BCUT2D eigenvalue weighted by Crippen LogP contribution is -2.22. The number of anilines is 1. The highest BCUT2D eigenvalue weighted by Gasteiger charge is 2.26. The van der Waals surface area contributed by atoms with Crippen LogP contribution >= 0.6 is 11.6 Å². The molecule has 0 amide bonds. The summed E-state index contributed by atoms with van der Waals surface area (Å²) < 4.78 is 39.8. The fraction of sp³-hybridized carbons (Fsp3) is 0.250. The van der Waals surface area contributed by atoms with Crippen LogP contribution in [0.15, 0.2) is 58.6 Å². The average Bonchev–Trinajstić information content (AvgIpc) is 2.89. The standard InChI is InChI=1S/C24H23ClFN3O3S/c1-4-29-22-12-23(30)28(3)13-20(22)19-10-15(14-33(31,32)5-2)6-8-17(19)24(27-29)18-9-7-16(26)11-21(18)25/h6-13H,4-5,14H2,1-3H3. The molecule has 1 aliphatic heterocycles. The third kappa shape index (κ3) is 4.45. The predicted octanol–water partition coefficient (Wildman–Crippen LogP) is 4.37. The molecule has 0 radical (unpaired) electrons. The topological polar surface area (TPSA) is 71.7 Å². The number of hydrogen-bond donors (Lipinski definition) is 0. The number of fused-ring (bicyclic) bond motifs is 3. The molecular formula is C24H23ClFN3O3S. The molecule has 0 atom stereocenters. The molecule has 1 aromatic heterocycles. The first-order valence-electron chi connectivity index (χ1n) is 10.5. The SMILES string of the molecule is CCN1N=C(c2ccc(F)cc2Cl)c2ccc(CS(=O)(=O)CC)cc2-c2cn(C)c(=O)cc21. The van der Waals surface area contributed by atoms with E-state index in [2.05, 4.69) is 0 Å². The van der Waals surface area contributed by atoms with E-state index in [1.807, 2.05) is 19.1 Å². The summed E-state index contributed by atoms with van der Waals surface area (Å²) in [5.41, 5.74) is 4.24. The second kappa shape index (κ2) is 8.76. The van der Waals surface area contributed by atoms with Crippen LogP contribution in [-0.4, -0.2) is 31.0 Å². The van der Waals surface area contributed by atoms with Gasteiger partial charge < -0.3 is 4.57 Å². The Morgan fingerprint density at radius 1 is 1.00 bits per heavy atom. The first kappa shape index (κ1) is 23.2. The summed E-state index contributed by atoms with van der Waals surface area (Å²) >= 11 is 6.40. The van der Waals surface area contributed by atoms with E-state index in [1.54, 1.807) is 37.3 Å². The molecule has 0 aliphatic carbocycles. The lowest BCUT2D eigenvalue weighted by Gasteiger charge is -2.19. The molecule has 6 nitrogen and oxygen atoms in total. The molecule has 1 aliphatic rings. The van der Waals surface area contributed by atoms with Crippen LogP contribution in [0.4, 0.5) is 10.1 Å².